The van der Waals surface area contributed by atoms with Crippen LogP contribution in [-0.2, 0) is 11.3 Å². The van der Waals surface area contributed by atoms with E-state index in [-0.39, 0.29) is 5.91 Å². The monoisotopic (exact) mass is 265 g/mol. The van der Waals surface area contributed by atoms with Crippen molar-refractivity contribution in [2.75, 3.05) is 6.54 Å². The molecule has 106 valence electrons. The number of carbonyl (C=O) groups excluding carboxylic acids is 1. The molecule has 0 aromatic carbocycles. The minimum Gasteiger partial charge on any atom is -0.340 e. The van der Waals surface area contributed by atoms with Gasteiger partial charge in [0.05, 0.1) is 6.54 Å². The minimum absolute atomic E-state index is 0.207. The number of hydrogen-bond donors (Lipinski definition) is 1. The van der Waals surface area contributed by atoms with Gasteiger partial charge in [-0.05, 0) is 32.6 Å². The van der Waals surface area contributed by atoms with Crippen LogP contribution < -0.4 is 5.73 Å². The number of hydrogen-bond acceptors (Lipinski definition) is 4. The maximum Gasteiger partial charge on any atom is 0.224 e. The summed E-state index contributed by atoms with van der Waals surface area (Å²) in [4.78, 5) is 18.2. The van der Waals surface area contributed by atoms with Crippen LogP contribution in [0.3, 0.4) is 0 Å². The van der Waals surface area contributed by atoms with E-state index in [1.807, 2.05) is 11.8 Å². The smallest absolute Gasteiger partial charge is 0.224 e. The van der Waals surface area contributed by atoms with E-state index in [0.717, 1.165) is 32.2 Å². The van der Waals surface area contributed by atoms with Gasteiger partial charge in [0.25, 0.3) is 0 Å². The highest BCUT2D eigenvalue weighted by molar-refractivity contribution is 5.76. The van der Waals surface area contributed by atoms with Gasteiger partial charge in [0.15, 0.2) is 0 Å². The Morgan fingerprint density at radius 1 is 1.42 bits per heavy atom. The lowest BCUT2D eigenvalue weighted by Crippen LogP contribution is -2.44. The summed E-state index contributed by atoms with van der Waals surface area (Å²) in [6.07, 6.45) is 7.73. The van der Waals surface area contributed by atoms with Crippen LogP contribution in [0, 0.1) is 0 Å². The molecule has 1 heterocycles. The van der Waals surface area contributed by atoms with Crippen molar-refractivity contribution < 1.29 is 4.79 Å². The molecule has 1 saturated carbocycles. The Bertz CT molecular complexity index is 384. The second-order valence-electron chi connectivity index (χ2n) is 5.16. The van der Waals surface area contributed by atoms with E-state index >= 15 is 0 Å². The summed E-state index contributed by atoms with van der Waals surface area (Å²) in [5.41, 5.74) is 5.92. The summed E-state index contributed by atoms with van der Waals surface area (Å²) >= 11 is 0. The number of aromatic nitrogens is 3. The average Bonchev–Trinajstić information content (AvgIpc) is 2.92. The van der Waals surface area contributed by atoms with Crippen LogP contribution in [0.2, 0.25) is 0 Å². The lowest BCUT2D eigenvalue weighted by molar-refractivity contribution is -0.134. The highest BCUT2D eigenvalue weighted by atomic mass is 16.2. The quantitative estimate of drug-likeness (QED) is 0.853. The van der Waals surface area contributed by atoms with Gasteiger partial charge in [0, 0.05) is 25.0 Å². The summed E-state index contributed by atoms with van der Waals surface area (Å²) in [6.45, 7) is 3.42. The highest BCUT2D eigenvalue weighted by Gasteiger charge is 2.26. The summed E-state index contributed by atoms with van der Waals surface area (Å²) in [5, 5.41) is 4.01. The molecule has 2 N–H and O–H groups in total. The number of nitrogens with zero attached hydrogens (tertiary/aromatic N) is 4. The average molecular weight is 265 g/mol. The Morgan fingerprint density at radius 3 is 2.74 bits per heavy atom. The molecular formula is C13H23N5O. The van der Waals surface area contributed by atoms with Gasteiger partial charge in [-0.25, -0.2) is 4.98 Å². The van der Waals surface area contributed by atoms with Gasteiger partial charge in [-0.3, -0.25) is 9.48 Å². The standard InChI is InChI=1S/C13H23N5O/c1-2-18(12-5-3-11(14)4-6-12)13(19)7-8-17-10-15-9-16-17/h9-12H,2-8,14H2,1H3. The second-order valence-corrected chi connectivity index (χ2v) is 5.16. The zero-order valence-electron chi connectivity index (χ0n) is 11.5. The molecule has 19 heavy (non-hydrogen) atoms. The summed E-state index contributed by atoms with van der Waals surface area (Å²) in [7, 11) is 0. The van der Waals surface area contributed by atoms with E-state index in [4.69, 9.17) is 5.73 Å². The molecule has 0 spiro atoms. The Kier molecular flexibility index (Phi) is 4.90. The third kappa shape index (κ3) is 3.76. The Morgan fingerprint density at radius 2 is 2.16 bits per heavy atom. The first-order valence-electron chi connectivity index (χ1n) is 7.08. The maximum atomic E-state index is 12.3. The van der Waals surface area contributed by atoms with Crippen LogP contribution in [0.25, 0.3) is 0 Å². The SMILES string of the molecule is CCN(C(=O)CCn1cncn1)C1CCC(N)CC1. The van der Waals surface area contributed by atoms with E-state index in [2.05, 4.69) is 10.1 Å². The highest BCUT2D eigenvalue weighted by Crippen LogP contribution is 2.22. The van der Waals surface area contributed by atoms with Crippen LogP contribution in [0.1, 0.15) is 39.0 Å². The van der Waals surface area contributed by atoms with E-state index in [0.29, 0.717) is 25.0 Å². The molecule has 2 rings (SSSR count). The lowest BCUT2D eigenvalue weighted by atomic mass is 9.90. The molecular weight excluding hydrogens is 242 g/mol. The molecule has 1 aromatic heterocycles. The van der Waals surface area contributed by atoms with Crippen LogP contribution in [0.5, 0.6) is 0 Å². The summed E-state index contributed by atoms with van der Waals surface area (Å²) in [6, 6.07) is 0.688. The molecule has 1 fully saturated rings. The van der Waals surface area contributed by atoms with Crippen molar-refractivity contribution in [3.8, 4) is 0 Å². The first-order chi connectivity index (χ1) is 9.20. The van der Waals surface area contributed by atoms with Crippen LogP contribution in [0.15, 0.2) is 12.7 Å². The Hall–Kier alpha value is -1.43. The molecule has 6 nitrogen and oxygen atoms in total. The number of carbonyl (C=O) groups is 1. The molecule has 1 aliphatic carbocycles. The third-order valence-electron chi connectivity index (χ3n) is 3.86. The number of aryl methyl sites for hydroxylation is 1. The fourth-order valence-corrected chi connectivity index (χ4v) is 2.75. The molecule has 0 atom stereocenters. The van der Waals surface area contributed by atoms with Crippen molar-refractivity contribution >= 4 is 5.91 Å². The van der Waals surface area contributed by atoms with Gasteiger partial charge in [0.1, 0.15) is 12.7 Å². The van der Waals surface area contributed by atoms with Gasteiger partial charge >= 0.3 is 0 Å². The predicted molar refractivity (Wildman–Crippen MR) is 72.3 cm³/mol. The molecule has 1 aromatic rings. The van der Waals surface area contributed by atoms with Crippen LogP contribution in [-0.4, -0.2) is 44.2 Å². The molecule has 1 amide bonds. The fraction of sp³-hybridized carbons (Fsp3) is 0.769. The van der Waals surface area contributed by atoms with Crippen molar-refractivity contribution in [3.63, 3.8) is 0 Å². The first kappa shape index (κ1) is 14.0. The molecule has 1 aliphatic rings. The van der Waals surface area contributed by atoms with Crippen molar-refractivity contribution in [2.45, 2.75) is 57.7 Å². The lowest BCUT2D eigenvalue weighted by Gasteiger charge is -2.35. The Labute approximate surface area is 114 Å². The molecule has 0 aliphatic heterocycles. The normalized spacial score (nSPS) is 23.3. The molecule has 0 radical (unpaired) electrons. The third-order valence-corrected chi connectivity index (χ3v) is 3.86. The van der Waals surface area contributed by atoms with Crippen molar-refractivity contribution in [1.82, 2.24) is 19.7 Å². The largest absolute Gasteiger partial charge is 0.340 e. The molecule has 0 saturated heterocycles. The first-order valence-corrected chi connectivity index (χ1v) is 7.08. The van der Waals surface area contributed by atoms with Crippen LogP contribution in [0.4, 0.5) is 0 Å². The number of rotatable bonds is 5. The van der Waals surface area contributed by atoms with Gasteiger partial charge in [0.2, 0.25) is 5.91 Å². The number of amides is 1. The van der Waals surface area contributed by atoms with Gasteiger partial charge in [-0.1, -0.05) is 0 Å². The topological polar surface area (TPSA) is 77.0 Å². The van der Waals surface area contributed by atoms with Crippen LogP contribution >= 0.6 is 0 Å². The van der Waals surface area contributed by atoms with Gasteiger partial charge in [-0.2, -0.15) is 5.10 Å². The van der Waals surface area contributed by atoms with E-state index in [9.17, 15) is 4.79 Å². The maximum absolute atomic E-state index is 12.3. The Balaban J connectivity index is 1.84. The van der Waals surface area contributed by atoms with E-state index < -0.39 is 0 Å². The minimum atomic E-state index is 0.207. The van der Waals surface area contributed by atoms with Gasteiger partial charge < -0.3 is 10.6 Å². The van der Waals surface area contributed by atoms with Crippen molar-refractivity contribution in [1.29, 1.82) is 0 Å². The summed E-state index contributed by atoms with van der Waals surface area (Å²) < 4.78 is 1.70. The van der Waals surface area contributed by atoms with E-state index in [1.54, 1.807) is 11.0 Å². The second kappa shape index (κ2) is 6.65. The van der Waals surface area contributed by atoms with Crippen molar-refractivity contribution in [3.05, 3.63) is 12.7 Å². The zero-order chi connectivity index (χ0) is 13.7. The molecule has 0 bridgehead atoms. The fourth-order valence-electron chi connectivity index (χ4n) is 2.75. The summed E-state index contributed by atoms with van der Waals surface area (Å²) in [5.74, 6) is 0.207. The molecule has 6 heteroatoms. The van der Waals surface area contributed by atoms with E-state index in [1.165, 1.54) is 6.33 Å². The molecule has 0 unspecified atom stereocenters. The number of nitrogens with two attached hydrogens (primary N) is 1. The van der Waals surface area contributed by atoms with Crippen molar-refractivity contribution in [2.24, 2.45) is 5.73 Å². The van der Waals surface area contributed by atoms with Gasteiger partial charge in [-0.15, -0.1) is 0 Å². The zero-order valence-corrected chi connectivity index (χ0v) is 11.5. The predicted octanol–water partition coefficient (Wildman–Crippen LogP) is 0.787.